The number of para-hydroxylation sites is 1. The number of aryl methyl sites for hydroxylation is 1. The van der Waals surface area contributed by atoms with E-state index < -0.39 is 0 Å². The number of aromatic nitrogens is 1. The Bertz CT molecular complexity index is 700. The summed E-state index contributed by atoms with van der Waals surface area (Å²) in [6.45, 7) is 8.23. The molecule has 0 aliphatic rings. The van der Waals surface area contributed by atoms with E-state index in [4.69, 9.17) is 12.2 Å². The molecule has 2 aromatic rings. The summed E-state index contributed by atoms with van der Waals surface area (Å²) in [5.41, 5.74) is 7.29. The molecular formula is C16H22N4OS. The first kappa shape index (κ1) is 16.3. The molecule has 3 N–H and O–H groups in total. The van der Waals surface area contributed by atoms with Crippen LogP contribution in [0, 0.1) is 6.92 Å². The molecule has 22 heavy (non-hydrogen) atoms. The molecule has 6 heteroatoms. The fraction of sp³-hybridized carbons (Fsp3) is 0.375. The van der Waals surface area contributed by atoms with Crippen LogP contribution in [0.2, 0.25) is 0 Å². The lowest BCUT2D eigenvalue weighted by Gasteiger charge is -2.23. The fourth-order valence-electron chi connectivity index (χ4n) is 2.24. The number of hydrazine groups is 1. The highest BCUT2D eigenvalue weighted by molar-refractivity contribution is 7.80. The van der Waals surface area contributed by atoms with Gasteiger partial charge >= 0.3 is 0 Å². The minimum Gasteiger partial charge on any atom is -0.357 e. The van der Waals surface area contributed by atoms with Gasteiger partial charge in [-0.3, -0.25) is 15.6 Å². The van der Waals surface area contributed by atoms with Gasteiger partial charge in [-0.2, -0.15) is 0 Å². The molecule has 1 aromatic carbocycles. The Balaban J connectivity index is 1.97. The van der Waals surface area contributed by atoms with Gasteiger partial charge in [0, 0.05) is 16.7 Å². The third kappa shape index (κ3) is 4.21. The molecule has 0 saturated carbocycles. The van der Waals surface area contributed by atoms with Crippen LogP contribution in [0.15, 0.2) is 30.3 Å². The number of nitrogens with zero attached hydrogens (tertiary/aromatic N) is 1. The number of thiocarbonyl (C=S) groups is 1. The minimum absolute atomic E-state index is 0.150. The summed E-state index contributed by atoms with van der Waals surface area (Å²) >= 11 is 5.13. The van der Waals surface area contributed by atoms with Gasteiger partial charge in [-0.15, -0.1) is 0 Å². The van der Waals surface area contributed by atoms with Gasteiger partial charge in [-0.05, 0) is 57.4 Å². The van der Waals surface area contributed by atoms with Gasteiger partial charge in [-0.25, -0.2) is 0 Å². The first-order valence-electron chi connectivity index (χ1n) is 7.18. The molecule has 0 bridgehead atoms. The third-order valence-electron chi connectivity index (χ3n) is 3.12. The van der Waals surface area contributed by atoms with Crippen molar-refractivity contribution >= 4 is 34.1 Å². The molecule has 0 atom stereocenters. The molecule has 0 unspecified atom stereocenters. The highest BCUT2D eigenvalue weighted by Crippen LogP contribution is 2.18. The molecule has 0 radical (unpaired) electrons. The summed E-state index contributed by atoms with van der Waals surface area (Å²) in [5.74, 6) is -0.150. The van der Waals surface area contributed by atoms with Gasteiger partial charge in [-0.1, -0.05) is 18.2 Å². The van der Waals surface area contributed by atoms with Crippen LogP contribution in [-0.2, 0) is 11.3 Å². The second-order valence-corrected chi connectivity index (χ2v) is 6.72. The monoisotopic (exact) mass is 318 g/mol. The molecule has 0 aliphatic carbocycles. The van der Waals surface area contributed by atoms with Crippen molar-refractivity contribution < 1.29 is 4.79 Å². The molecule has 1 aromatic heterocycles. The average Bonchev–Trinajstić information content (AvgIpc) is 2.71. The number of benzene rings is 1. The average molecular weight is 318 g/mol. The first-order valence-corrected chi connectivity index (χ1v) is 7.59. The minimum atomic E-state index is -0.151. The van der Waals surface area contributed by atoms with E-state index in [0.717, 1.165) is 16.6 Å². The van der Waals surface area contributed by atoms with E-state index in [1.165, 1.54) is 0 Å². The van der Waals surface area contributed by atoms with Crippen LogP contribution in [-0.4, -0.2) is 21.1 Å². The predicted molar refractivity (Wildman–Crippen MR) is 93.4 cm³/mol. The van der Waals surface area contributed by atoms with E-state index in [0.29, 0.717) is 5.11 Å². The quantitative estimate of drug-likeness (QED) is 0.587. The van der Waals surface area contributed by atoms with Gasteiger partial charge < -0.3 is 9.88 Å². The van der Waals surface area contributed by atoms with E-state index in [9.17, 15) is 4.79 Å². The van der Waals surface area contributed by atoms with Crippen LogP contribution >= 0.6 is 12.2 Å². The molecule has 0 fully saturated rings. The lowest BCUT2D eigenvalue weighted by molar-refractivity contribution is -0.122. The highest BCUT2D eigenvalue weighted by Gasteiger charge is 2.12. The van der Waals surface area contributed by atoms with Crippen LogP contribution in [0.25, 0.3) is 10.9 Å². The number of nitrogens with one attached hydrogen (secondary N) is 3. The third-order valence-corrected chi connectivity index (χ3v) is 3.33. The zero-order valence-electron chi connectivity index (χ0n) is 13.4. The second kappa shape index (κ2) is 6.36. The van der Waals surface area contributed by atoms with Crippen molar-refractivity contribution in [2.45, 2.75) is 39.8 Å². The van der Waals surface area contributed by atoms with E-state index in [2.05, 4.69) is 22.2 Å². The molecule has 1 amide bonds. The van der Waals surface area contributed by atoms with Gasteiger partial charge in [0.1, 0.15) is 6.54 Å². The number of hydrogen-bond acceptors (Lipinski definition) is 2. The van der Waals surface area contributed by atoms with E-state index in [1.807, 2.05) is 56.5 Å². The lowest BCUT2D eigenvalue weighted by atomic mass is 10.1. The summed E-state index contributed by atoms with van der Waals surface area (Å²) in [4.78, 5) is 12.1. The normalized spacial score (nSPS) is 11.3. The van der Waals surface area contributed by atoms with Crippen LogP contribution in [0.4, 0.5) is 0 Å². The Labute approximate surface area is 136 Å². The largest absolute Gasteiger partial charge is 0.357 e. The molecule has 5 nitrogen and oxygen atoms in total. The number of carbonyl (C=O) groups is 1. The molecule has 1 heterocycles. The molecule has 0 aliphatic heterocycles. The Morgan fingerprint density at radius 3 is 2.59 bits per heavy atom. The maximum absolute atomic E-state index is 12.1. The van der Waals surface area contributed by atoms with Gasteiger partial charge in [0.15, 0.2) is 5.11 Å². The first-order chi connectivity index (χ1) is 10.3. The summed E-state index contributed by atoms with van der Waals surface area (Å²) in [7, 11) is 0. The van der Waals surface area contributed by atoms with E-state index in [1.54, 1.807) is 0 Å². The number of rotatable bonds is 2. The zero-order valence-corrected chi connectivity index (χ0v) is 14.2. The van der Waals surface area contributed by atoms with Crippen molar-refractivity contribution in [3.63, 3.8) is 0 Å². The molecular weight excluding hydrogens is 296 g/mol. The molecule has 0 spiro atoms. The SMILES string of the molecule is Cc1cc2ccccc2n1CC(=O)NNC(=S)NC(C)(C)C. The van der Waals surface area contributed by atoms with Crippen LogP contribution in [0.1, 0.15) is 26.5 Å². The highest BCUT2D eigenvalue weighted by atomic mass is 32.1. The molecule has 0 saturated heterocycles. The van der Waals surface area contributed by atoms with E-state index >= 15 is 0 Å². The van der Waals surface area contributed by atoms with Crippen LogP contribution in [0.5, 0.6) is 0 Å². The lowest BCUT2D eigenvalue weighted by Crippen LogP contribution is -2.52. The van der Waals surface area contributed by atoms with E-state index in [-0.39, 0.29) is 18.0 Å². The van der Waals surface area contributed by atoms with Crippen molar-refractivity contribution in [2.75, 3.05) is 0 Å². The van der Waals surface area contributed by atoms with Crippen molar-refractivity contribution in [2.24, 2.45) is 0 Å². The van der Waals surface area contributed by atoms with Crippen LogP contribution in [0.3, 0.4) is 0 Å². The van der Waals surface area contributed by atoms with Crippen molar-refractivity contribution in [1.82, 2.24) is 20.7 Å². The number of hydrogen-bond donors (Lipinski definition) is 3. The maximum atomic E-state index is 12.1. The smallest absolute Gasteiger partial charge is 0.258 e. The summed E-state index contributed by atoms with van der Waals surface area (Å²) in [6.07, 6.45) is 0. The second-order valence-electron chi connectivity index (χ2n) is 6.31. The van der Waals surface area contributed by atoms with Crippen molar-refractivity contribution in [3.8, 4) is 0 Å². The van der Waals surface area contributed by atoms with Crippen LogP contribution < -0.4 is 16.2 Å². The Hall–Kier alpha value is -2.08. The number of fused-ring (bicyclic) bond motifs is 1. The number of amides is 1. The molecule has 2 rings (SSSR count). The predicted octanol–water partition coefficient (Wildman–Crippen LogP) is 2.24. The summed E-state index contributed by atoms with van der Waals surface area (Å²) < 4.78 is 1.98. The maximum Gasteiger partial charge on any atom is 0.258 e. The van der Waals surface area contributed by atoms with Gasteiger partial charge in [0.2, 0.25) is 0 Å². The van der Waals surface area contributed by atoms with Gasteiger partial charge in [0.05, 0.1) is 0 Å². The molecule has 118 valence electrons. The van der Waals surface area contributed by atoms with Gasteiger partial charge in [0.25, 0.3) is 5.91 Å². The standard InChI is InChI=1S/C16H22N4OS/c1-11-9-12-7-5-6-8-13(12)20(11)10-14(21)18-19-15(22)17-16(2,3)4/h5-9H,10H2,1-4H3,(H,18,21)(H2,17,19,22). The fourth-order valence-corrected chi connectivity index (χ4v) is 2.60. The number of carbonyl (C=O) groups excluding carboxylic acids is 1. The Morgan fingerprint density at radius 1 is 1.23 bits per heavy atom. The van der Waals surface area contributed by atoms with Crippen molar-refractivity contribution in [3.05, 3.63) is 36.0 Å². The Morgan fingerprint density at radius 2 is 1.91 bits per heavy atom. The summed E-state index contributed by atoms with van der Waals surface area (Å²) in [5, 5.41) is 4.60. The topological polar surface area (TPSA) is 58.1 Å². The zero-order chi connectivity index (χ0) is 16.3. The van der Waals surface area contributed by atoms with Crippen molar-refractivity contribution in [1.29, 1.82) is 0 Å². The Kier molecular flexibility index (Phi) is 4.71. The summed E-state index contributed by atoms with van der Waals surface area (Å²) in [6, 6.07) is 10.1.